The van der Waals surface area contributed by atoms with E-state index in [9.17, 15) is 8.78 Å². The Morgan fingerprint density at radius 1 is 1.43 bits per heavy atom. The van der Waals surface area contributed by atoms with Gasteiger partial charge >= 0.3 is 0 Å². The Labute approximate surface area is 79.9 Å². The number of benzene rings is 1. The molecule has 0 aliphatic carbocycles. The van der Waals surface area contributed by atoms with Crippen LogP contribution in [0.15, 0.2) is 12.1 Å². The topological polar surface area (TPSA) is 45.0 Å². The zero-order valence-corrected chi connectivity index (χ0v) is 7.47. The van der Waals surface area contributed by atoms with Crippen LogP contribution >= 0.6 is 0 Å². The zero-order chi connectivity index (χ0) is 10.6. The van der Waals surface area contributed by atoms with Gasteiger partial charge in [-0.3, -0.25) is 0 Å². The van der Waals surface area contributed by atoms with E-state index in [1.807, 2.05) is 0 Å². The Hall–Kier alpha value is -1.83. The van der Waals surface area contributed by atoms with Crippen LogP contribution in [0.5, 0.6) is 5.75 Å². The lowest BCUT2D eigenvalue weighted by atomic mass is 10.2. The third-order valence-electron chi connectivity index (χ3n) is 1.57. The Morgan fingerprint density at radius 3 is 2.43 bits per heavy atom. The molecule has 1 aromatic rings. The van der Waals surface area contributed by atoms with E-state index in [1.165, 1.54) is 7.11 Å². The van der Waals surface area contributed by atoms with Crippen molar-refractivity contribution in [2.75, 3.05) is 19.0 Å². The van der Waals surface area contributed by atoms with E-state index in [0.717, 1.165) is 12.1 Å². The summed E-state index contributed by atoms with van der Waals surface area (Å²) >= 11 is 0. The molecular formula is C9H8F2N2O. The second kappa shape index (κ2) is 4.42. The molecule has 1 rings (SSSR count). The number of hydrogen-bond acceptors (Lipinski definition) is 3. The van der Waals surface area contributed by atoms with Crippen LogP contribution in [0.2, 0.25) is 0 Å². The van der Waals surface area contributed by atoms with Crippen LogP contribution in [0.25, 0.3) is 0 Å². The van der Waals surface area contributed by atoms with Gasteiger partial charge in [0.2, 0.25) is 0 Å². The van der Waals surface area contributed by atoms with E-state index >= 15 is 0 Å². The highest BCUT2D eigenvalue weighted by molar-refractivity contribution is 5.48. The van der Waals surface area contributed by atoms with Gasteiger partial charge in [0.15, 0.2) is 17.4 Å². The molecule has 0 spiro atoms. The zero-order valence-electron chi connectivity index (χ0n) is 7.47. The summed E-state index contributed by atoms with van der Waals surface area (Å²) in [6, 6.07) is 3.93. The van der Waals surface area contributed by atoms with Gasteiger partial charge in [0.1, 0.15) is 6.54 Å². The summed E-state index contributed by atoms with van der Waals surface area (Å²) in [6.07, 6.45) is 0. The molecule has 74 valence electrons. The summed E-state index contributed by atoms with van der Waals surface area (Å²) in [5.41, 5.74) is 0.211. The van der Waals surface area contributed by atoms with Crippen molar-refractivity contribution in [3.63, 3.8) is 0 Å². The number of ether oxygens (including phenoxy) is 1. The van der Waals surface area contributed by atoms with Gasteiger partial charge in [-0.2, -0.15) is 5.26 Å². The number of nitrogens with one attached hydrogen (secondary N) is 1. The highest BCUT2D eigenvalue weighted by Crippen LogP contribution is 2.24. The number of halogens is 2. The molecule has 14 heavy (non-hydrogen) atoms. The van der Waals surface area contributed by atoms with Crippen molar-refractivity contribution in [3.8, 4) is 11.8 Å². The van der Waals surface area contributed by atoms with Crippen LogP contribution in [-0.4, -0.2) is 13.7 Å². The van der Waals surface area contributed by atoms with Crippen LogP contribution in [0.4, 0.5) is 14.5 Å². The summed E-state index contributed by atoms with van der Waals surface area (Å²) in [6.45, 7) is -0.00872. The standard InChI is InChI=1S/C9H8F2N2O/c1-14-9-7(10)4-6(5-8(9)11)13-3-2-12/h4-5,13H,3H2,1H3. The maximum absolute atomic E-state index is 13.1. The summed E-state index contributed by atoms with van der Waals surface area (Å²) in [4.78, 5) is 0. The average Bonchev–Trinajstić information content (AvgIpc) is 2.14. The van der Waals surface area contributed by atoms with Crippen molar-refractivity contribution >= 4 is 5.69 Å². The molecule has 0 amide bonds. The highest BCUT2D eigenvalue weighted by Gasteiger charge is 2.10. The van der Waals surface area contributed by atoms with Gasteiger partial charge in [0.05, 0.1) is 13.2 Å². The third-order valence-corrected chi connectivity index (χ3v) is 1.57. The molecular weight excluding hydrogens is 190 g/mol. The van der Waals surface area contributed by atoms with Crippen molar-refractivity contribution in [2.24, 2.45) is 0 Å². The van der Waals surface area contributed by atoms with Crippen LogP contribution in [0.3, 0.4) is 0 Å². The number of rotatable bonds is 3. The van der Waals surface area contributed by atoms with E-state index < -0.39 is 17.4 Å². The van der Waals surface area contributed by atoms with E-state index in [2.05, 4.69) is 10.1 Å². The van der Waals surface area contributed by atoms with Gasteiger partial charge in [-0.05, 0) is 0 Å². The van der Waals surface area contributed by atoms with Crippen molar-refractivity contribution in [1.29, 1.82) is 5.26 Å². The second-order valence-electron chi connectivity index (χ2n) is 2.48. The number of nitriles is 1. The normalized spacial score (nSPS) is 9.29. The van der Waals surface area contributed by atoms with E-state index in [-0.39, 0.29) is 12.2 Å². The fourth-order valence-electron chi connectivity index (χ4n) is 0.999. The molecule has 0 bridgehead atoms. The molecule has 0 unspecified atom stereocenters. The summed E-state index contributed by atoms with van der Waals surface area (Å²) in [5, 5.41) is 10.8. The van der Waals surface area contributed by atoms with Gasteiger partial charge in [-0.15, -0.1) is 0 Å². The van der Waals surface area contributed by atoms with Gasteiger partial charge in [-0.25, -0.2) is 8.78 Å². The van der Waals surface area contributed by atoms with Crippen molar-refractivity contribution in [2.45, 2.75) is 0 Å². The molecule has 0 saturated carbocycles. The average molecular weight is 198 g/mol. The first-order valence-corrected chi connectivity index (χ1v) is 3.83. The number of anilines is 1. The molecule has 0 aliphatic rings. The van der Waals surface area contributed by atoms with E-state index in [1.54, 1.807) is 6.07 Å². The van der Waals surface area contributed by atoms with Gasteiger partial charge < -0.3 is 10.1 Å². The first-order valence-electron chi connectivity index (χ1n) is 3.83. The minimum absolute atomic E-state index is 0.00872. The Bertz CT molecular complexity index is 351. The molecule has 1 N–H and O–H groups in total. The SMILES string of the molecule is COc1c(F)cc(NCC#N)cc1F. The second-order valence-corrected chi connectivity index (χ2v) is 2.48. The van der Waals surface area contributed by atoms with Crippen LogP contribution in [0, 0.1) is 23.0 Å². The lowest BCUT2D eigenvalue weighted by Gasteiger charge is -2.06. The molecule has 0 heterocycles. The number of methoxy groups -OCH3 is 1. The fraction of sp³-hybridized carbons (Fsp3) is 0.222. The molecule has 1 aromatic carbocycles. The van der Waals surface area contributed by atoms with Crippen molar-refractivity contribution in [3.05, 3.63) is 23.8 Å². The first kappa shape index (κ1) is 10.3. The highest BCUT2D eigenvalue weighted by atomic mass is 19.1. The van der Waals surface area contributed by atoms with E-state index in [4.69, 9.17) is 5.26 Å². The fourth-order valence-corrected chi connectivity index (χ4v) is 0.999. The number of nitrogens with zero attached hydrogens (tertiary/aromatic N) is 1. The third kappa shape index (κ3) is 2.10. The summed E-state index contributed by atoms with van der Waals surface area (Å²) < 4.78 is 30.6. The molecule has 0 saturated heterocycles. The minimum Gasteiger partial charge on any atom is -0.491 e. The quantitative estimate of drug-likeness (QED) is 0.754. The van der Waals surface area contributed by atoms with Crippen LogP contribution in [0.1, 0.15) is 0 Å². The smallest absolute Gasteiger partial charge is 0.190 e. The van der Waals surface area contributed by atoms with Crippen LogP contribution < -0.4 is 10.1 Å². The maximum atomic E-state index is 13.1. The molecule has 0 aromatic heterocycles. The van der Waals surface area contributed by atoms with Gasteiger partial charge in [0.25, 0.3) is 0 Å². The predicted molar refractivity (Wildman–Crippen MR) is 47.0 cm³/mol. The Balaban J connectivity index is 2.97. The molecule has 5 heteroatoms. The minimum atomic E-state index is -0.798. The molecule has 0 radical (unpaired) electrons. The molecule has 0 aliphatic heterocycles. The van der Waals surface area contributed by atoms with Crippen molar-refractivity contribution < 1.29 is 13.5 Å². The summed E-state index contributed by atoms with van der Waals surface area (Å²) in [5.74, 6) is -2.02. The molecule has 0 atom stereocenters. The lowest BCUT2D eigenvalue weighted by Crippen LogP contribution is -2.01. The maximum Gasteiger partial charge on any atom is 0.190 e. The van der Waals surface area contributed by atoms with Gasteiger partial charge in [-0.1, -0.05) is 0 Å². The molecule has 3 nitrogen and oxygen atoms in total. The summed E-state index contributed by atoms with van der Waals surface area (Å²) in [7, 11) is 1.18. The number of hydrogen-bond donors (Lipinski definition) is 1. The predicted octanol–water partition coefficient (Wildman–Crippen LogP) is 1.91. The molecule has 0 fully saturated rings. The largest absolute Gasteiger partial charge is 0.491 e. The Morgan fingerprint density at radius 2 is 2.00 bits per heavy atom. The first-order chi connectivity index (χ1) is 6.69. The van der Waals surface area contributed by atoms with Crippen molar-refractivity contribution in [1.82, 2.24) is 0 Å². The Kier molecular flexibility index (Phi) is 3.24. The lowest BCUT2D eigenvalue weighted by molar-refractivity contribution is 0.360. The monoisotopic (exact) mass is 198 g/mol. The van der Waals surface area contributed by atoms with Crippen LogP contribution in [-0.2, 0) is 0 Å². The van der Waals surface area contributed by atoms with Gasteiger partial charge in [0, 0.05) is 17.8 Å². The van der Waals surface area contributed by atoms with E-state index in [0.29, 0.717) is 0 Å².